The van der Waals surface area contributed by atoms with Gasteiger partial charge in [0.25, 0.3) is 0 Å². The number of carbonyl (C=O) groups is 1. The predicted molar refractivity (Wildman–Crippen MR) is 80.1 cm³/mol. The van der Waals surface area contributed by atoms with Crippen molar-refractivity contribution in [2.45, 2.75) is 83.5 Å². The molecule has 0 N–H and O–H groups in total. The topological polar surface area (TPSA) is 26.3 Å². The fraction of sp³-hybridized carbons (Fsp3) is 0.824. The third kappa shape index (κ3) is 10.8. The number of hydrogen-bond donors (Lipinski definition) is 0. The Kier molecular flexibility index (Phi) is 10.5. The highest BCUT2D eigenvalue weighted by Gasteiger charge is 2.02. The summed E-state index contributed by atoms with van der Waals surface area (Å²) in [4.78, 5) is 11.4. The fourth-order valence-electron chi connectivity index (χ4n) is 2.45. The molecule has 2 nitrogen and oxygen atoms in total. The van der Waals surface area contributed by atoms with Crippen LogP contribution in [-0.2, 0) is 9.53 Å². The zero-order valence-corrected chi connectivity index (χ0v) is 12.4. The van der Waals surface area contributed by atoms with Crippen LogP contribution in [0.25, 0.3) is 0 Å². The van der Waals surface area contributed by atoms with Crippen LogP contribution in [0.4, 0.5) is 0 Å². The van der Waals surface area contributed by atoms with Crippen LogP contribution in [0, 0.1) is 0 Å². The van der Waals surface area contributed by atoms with Crippen molar-refractivity contribution in [3.8, 4) is 0 Å². The molecule has 0 amide bonds. The van der Waals surface area contributed by atoms with Gasteiger partial charge in [-0.3, -0.25) is 4.79 Å². The van der Waals surface area contributed by atoms with Gasteiger partial charge in [-0.05, 0) is 44.9 Å². The maximum absolute atomic E-state index is 11.4. The summed E-state index contributed by atoms with van der Waals surface area (Å²) in [6.45, 7) is 0.614. The van der Waals surface area contributed by atoms with Gasteiger partial charge >= 0.3 is 5.97 Å². The van der Waals surface area contributed by atoms with E-state index in [0.29, 0.717) is 13.0 Å². The predicted octanol–water partition coefficient (Wildman–Crippen LogP) is 5.17. The molecule has 1 aliphatic rings. The first-order valence-electron chi connectivity index (χ1n) is 8.20. The Hall–Kier alpha value is -0.790. The van der Waals surface area contributed by atoms with Gasteiger partial charge in [-0.25, -0.2) is 0 Å². The molecule has 0 unspecified atom stereocenters. The van der Waals surface area contributed by atoms with Crippen LogP contribution in [0.2, 0.25) is 0 Å². The molecule has 0 bridgehead atoms. The summed E-state index contributed by atoms with van der Waals surface area (Å²) in [5.74, 6) is 0.000937. The molecule has 0 saturated heterocycles. The quantitative estimate of drug-likeness (QED) is 0.446. The summed E-state index contributed by atoms with van der Waals surface area (Å²) in [6, 6.07) is 0. The first-order chi connectivity index (χ1) is 9.39. The number of allylic oxidation sites excluding steroid dienone is 2. The standard InChI is InChI=1S/C17H30O2/c18-17-15-13-11-9-7-5-3-1-2-4-6-8-10-12-14-16-19-17/h4,6H,1-3,5,7-16H2/b6-4+. The van der Waals surface area contributed by atoms with Gasteiger partial charge in [0.15, 0.2) is 0 Å². The van der Waals surface area contributed by atoms with Gasteiger partial charge in [0.1, 0.15) is 0 Å². The summed E-state index contributed by atoms with van der Waals surface area (Å²) in [5, 5.41) is 0. The van der Waals surface area contributed by atoms with Crippen molar-refractivity contribution in [3.63, 3.8) is 0 Å². The van der Waals surface area contributed by atoms with E-state index in [2.05, 4.69) is 12.2 Å². The summed E-state index contributed by atoms with van der Waals surface area (Å²) in [7, 11) is 0. The lowest BCUT2D eigenvalue weighted by Crippen LogP contribution is -2.05. The van der Waals surface area contributed by atoms with Crippen molar-refractivity contribution >= 4 is 5.97 Å². The lowest BCUT2D eigenvalue weighted by molar-refractivity contribution is -0.143. The lowest BCUT2D eigenvalue weighted by atomic mass is 10.1. The second-order valence-electron chi connectivity index (χ2n) is 5.55. The van der Waals surface area contributed by atoms with Crippen LogP contribution in [0.1, 0.15) is 83.5 Å². The van der Waals surface area contributed by atoms with Crippen molar-refractivity contribution in [2.75, 3.05) is 6.61 Å². The average molecular weight is 266 g/mol. The highest BCUT2D eigenvalue weighted by Crippen LogP contribution is 2.11. The largest absolute Gasteiger partial charge is 0.466 e. The SMILES string of the molecule is O=C1CCCCCCCCC/C=C/CCCCCO1. The molecule has 110 valence electrons. The molecule has 19 heavy (non-hydrogen) atoms. The summed E-state index contributed by atoms with van der Waals surface area (Å²) >= 11 is 0. The van der Waals surface area contributed by atoms with Crippen molar-refractivity contribution in [1.82, 2.24) is 0 Å². The van der Waals surface area contributed by atoms with Crippen LogP contribution >= 0.6 is 0 Å². The Bertz CT molecular complexity index is 246. The normalized spacial score (nSPS) is 23.9. The van der Waals surface area contributed by atoms with Crippen molar-refractivity contribution in [2.24, 2.45) is 0 Å². The highest BCUT2D eigenvalue weighted by atomic mass is 16.5. The number of rotatable bonds is 0. The van der Waals surface area contributed by atoms with Gasteiger partial charge in [-0.1, -0.05) is 44.3 Å². The molecule has 0 saturated carbocycles. The van der Waals surface area contributed by atoms with Crippen molar-refractivity contribution in [3.05, 3.63) is 12.2 Å². The molecule has 0 aromatic heterocycles. The van der Waals surface area contributed by atoms with E-state index in [-0.39, 0.29) is 5.97 Å². The van der Waals surface area contributed by atoms with Crippen LogP contribution in [-0.4, -0.2) is 12.6 Å². The molecule has 0 aromatic rings. The third-order valence-corrected chi connectivity index (χ3v) is 3.70. The lowest BCUT2D eigenvalue weighted by Gasteiger charge is -2.05. The van der Waals surface area contributed by atoms with E-state index in [1.807, 2.05) is 0 Å². The molecular weight excluding hydrogens is 236 g/mol. The number of cyclic esters (lactones) is 1. The van der Waals surface area contributed by atoms with Crippen LogP contribution in [0.5, 0.6) is 0 Å². The molecule has 0 fully saturated rings. The van der Waals surface area contributed by atoms with Gasteiger partial charge in [-0.15, -0.1) is 0 Å². The first-order valence-corrected chi connectivity index (χ1v) is 8.20. The third-order valence-electron chi connectivity index (χ3n) is 3.70. The number of ether oxygens (including phenoxy) is 1. The second-order valence-corrected chi connectivity index (χ2v) is 5.55. The maximum atomic E-state index is 11.4. The van der Waals surface area contributed by atoms with E-state index in [4.69, 9.17) is 4.74 Å². The Morgan fingerprint density at radius 3 is 1.89 bits per heavy atom. The zero-order chi connectivity index (χ0) is 13.6. The second kappa shape index (κ2) is 12.3. The van der Waals surface area contributed by atoms with E-state index >= 15 is 0 Å². The van der Waals surface area contributed by atoms with Gasteiger partial charge in [-0.2, -0.15) is 0 Å². The molecule has 0 atom stereocenters. The Morgan fingerprint density at radius 1 is 0.684 bits per heavy atom. The van der Waals surface area contributed by atoms with E-state index in [1.165, 1.54) is 57.8 Å². The highest BCUT2D eigenvalue weighted by molar-refractivity contribution is 5.69. The minimum Gasteiger partial charge on any atom is -0.466 e. The van der Waals surface area contributed by atoms with Gasteiger partial charge in [0.2, 0.25) is 0 Å². The fourth-order valence-corrected chi connectivity index (χ4v) is 2.45. The Balaban J connectivity index is 2.16. The van der Waals surface area contributed by atoms with Crippen LogP contribution in [0.3, 0.4) is 0 Å². The average Bonchev–Trinajstić information content (AvgIpc) is 2.41. The molecule has 1 aliphatic heterocycles. The van der Waals surface area contributed by atoms with E-state index in [9.17, 15) is 4.79 Å². The minimum atomic E-state index is 0.000937. The molecule has 1 heterocycles. The zero-order valence-electron chi connectivity index (χ0n) is 12.4. The maximum Gasteiger partial charge on any atom is 0.305 e. The molecule has 1 rings (SSSR count). The van der Waals surface area contributed by atoms with Crippen molar-refractivity contribution < 1.29 is 9.53 Å². The van der Waals surface area contributed by atoms with Crippen molar-refractivity contribution in [1.29, 1.82) is 0 Å². The van der Waals surface area contributed by atoms with Crippen LogP contribution in [0.15, 0.2) is 12.2 Å². The Morgan fingerprint density at radius 2 is 1.21 bits per heavy atom. The van der Waals surface area contributed by atoms with E-state index < -0.39 is 0 Å². The molecule has 2 heteroatoms. The molecule has 0 aromatic carbocycles. The smallest absolute Gasteiger partial charge is 0.305 e. The van der Waals surface area contributed by atoms with E-state index in [0.717, 1.165) is 19.3 Å². The number of hydrogen-bond acceptors (Lipinski definition) is 2. The Labute approximate surface area is 118 Å². The summed E-state index contributed by atoms with van der Waals surface area (Å²) in [6.07, 6.45) is 19.9. The molecule has 0 aliphatic carbocycles. The number of carbonyl (C=O) groups excluding carboxylic acids is 1. The van der Waals surface area contributed by atoms with Gasteiger partial charge < -0.3 is 4.74 Å². The summed E-state index contributed by atoms with van der Waals surface area (Å²) < 4.78 is 5.23. The van der Waals surface area contributed by atoms with Gasteiger partial charge in [0.05, 0.1) is 6.61 Å². The molecule has 0 radical (unpaired) electrons. The summed E-state index contributed by atoms with van der Waals surface area (Å²) in [5.41, 5.74) is 0. The first kappa shape index (κ1) is 16.3. The molecular formula is C17H30O2. The van der Waals surface area contributed by atoms with Gasteiger partial charge in [0, 0.05) is 6.42 Å². The van der Waals surface area contributed by atoms with Crippen LogP contribution < -0.4 is 0 Å². The monoisotopic (exact) mass is 266 g/mol. The molecule has 0 spiro atoms. The number of esters is 1. The van der Waals surface area contributed by atoms with E-state index in [1.54, 1.807) is 0 Å². The minimum absolute atomic E-state index is 0.000937.